The van der Waals surface area contributed by atoms with Crippen LogP contribution in [-0.2, 0) is 13.1 Å². The maximum Gasteiger partial charge on any atom is 0.0239 e. The average Bonchev–Trinajstić information content (AvgIpc) is 2.79. The number of nitrogens with one attached hydrogen (secondary N) is 1. The maximum absolute atomic E-state index is 6.20. The summed E-state index contributed by atoms with van der Waals surface area (Å²) in [7, 11) is 0. The van der Waals surface area contributed by atoms with E-state index >= 15 is 0 Å². The zero-order chi connectivity index (χ0) is 19.9. The van der Waals surface area contributed by atoms with Gasteiger partial charge in [-0.15, -0.1) is 0 Å². The maximum atomic E-state index is 6.20. The summed E-state index contributed by atoms with van der Waals surface area (Å²) in [5, 5.41) is 3.80. The van der Waals surface area contributed by atoms with E-state index in [4.69, 9.17) is 5.73 Å². The third kappa shape index (κ3) is 5.91. The van der Waals surface area contributed by atoms with Crippen molar-refractivity contribution in [2.75, 3.05) is 0 Å². The minimum absolute atomic E-state index is 0.419. The predicted octanol–water partition coefficient (Wildman–Crippen LogP) is 4.86. The van der Waals surface area contributed by atoms with Gasteiger partial charge in [0, 0.05) is 37.3 Å². The smallest absolute Gasteiger partial charge is 0.0239 e. The normalized spacial score (nSPS) is 27.8. The van der Waals surface area contributed by atoms with Gasteiger partial charge < -0.3 is 11.1 Å². The van der Waals surface area contributed by atoms with E-state index in [2.05, 4.69) is 70.9 Å². The van der Waals surface area contributed by atoms with Gasteiger partial charge in [-0.3, -0.25) is 4.90 Å². The van der Waals surface area contributed by atoms with Gasteiger partial charge in [-0.25, -0.2) is 0 Å². The zero-order valence-corrected chi connectivity index (χ0v) is 17.7. The number of hydrogen-bond acceptors (Lipinski definition) is 3. The zero-order valence-electron chi connectivity index (χ0n) is 17.7. The summed E-state index contributed by atoms with van der Waals surface area (Å²) in [4.78, 5) is 2.84. The molecule has 156 valence electrons. The fraction of sp³-hybridized carbons (Fsp3) is 0.538. The second kappa shape index (κ2) is 10.4. The highest BCUT2D eigenvalue weighted by Gasteiger charge is 2.32. The van der Waals surface area contributed by atoms with Crippen LogP contribution in [0.15, 0.2) is 60.7 Å². The van der Waals surface area contributed by atoms with Crippen molar-refractivity contribution in [3.8, 4) is 0 Å². The lowest BCUT2D eigenvalue weighted by Crippen LogP contribution is -2.48. The van der Waals surface area contributed by atoms with Gasteiger partial charge in [-0.1, -0.05) is 60.7 Å². The van der Waals surface area contributed by atoms with E-state index in [-0.39, 0.29) is 0 Å². The van der Waals surface area contributed by atoms with E-state index in [1.54, 1.807) is 0 Å². The highest BCUT2D eigenvalue weighted by Crippen LogP contribution is 2.31. The Morgan fingerprint density at radius 2 is 1.21 bits per heavy atom. The number of benzene rings is 2. The predicted molar refractivity (Wildman–Crippen MR) is 122 cm³/mol. The van der Waals surface area contributed by atoms with Gasteiger partial charge in [0.15, 0.2) is 0 Å². The number of rotatable bonds is 7. The molecular weight excluding hydrogens is 354 g/mol. The summed E-state index contributed by atoms with van der Waals surface area (Å²) < 4.78 is 0. The van der Waals surface area contributed by atoms with Crippen LogP contribution < -0.4 is 11.1 Å². The van der Waals surface area contributed by atoms with Crippen molar-refractivity contribution in [3.63, 3.8) is 0 Å². The van der Waals surface area contributed by atoms with E-state index < -0.39 is 0 Å². The molecular formula is C26H37N3. The van der Waals surface area contributed by atoms with E-state index in [0.717, 1.165) is 13.1 Å². The first-order chi connectivity index (χ1) is 14.3. The van der Waals surface area contributed by atoms with E-state index in [1.807, 2.05) is 0 Å². The Morgan fingerprint density at radius 3 is 1.79 bits per heavy atom. The minimum Gasteiger partial charge on any atom is -0.328 e. The highest BCUT2D eigenvalue weighted by molar-refractivity contribution is 5.15. The van der Waals surface area contributed by atoms with Gasteiger partial charge in [0.1, 0.15) is 0 Å². The summed E-state index contributed by atoms with van der Waals surface area (Å²) in [5.74, 6) is 0. The van der Waals surface area contributed by atoms with Crippen LogP contribution in [0.5, 0.6) is 0 Å². The van der Waals surface area contributed by atoms with Gasteiger partial charge in [0.05, 0.1) is 0 Å². The van der Waals surface area contributed by atoms with Crippen LogP contribution in [0, 0.1) is 0 Å². The lowest BCUT2D eigenvalue weighted by molar-refractivity contribution is 0.0642. The summed E-state index contributed by atoms with van der Waals surface area (Å²) in [5.41, 5.74) is 9.04. The topological polar surface area (TPSA) is 41.3 Å². The Morgan fingerprint density at radius 1 is 0.690 bits per heavy atom. The van der Waals surface area contributed by atoms with E-state index in [9.17, 15) is 0 Å². The van der Waals surface area contributed by atoms with Gasteiger partial charge in [0.25, 0.3) is 0 Å². The Hall–Kier alpha value is -1.68. The molecule has 0 aliphatic heterocycles. The first-order valence-corrected chi connectivity index (χ1v) is 11.6. The van der Waals surface area contributed by atoms with Crippen molar-refractivity contribution in [1.29, 1.82) is 0 Å². The van der Waals surface area contributed by atoms with Crippen LogP contribution in [-0.4, -0.2) is 29.1 Å². The summed E-state index contributed by atoms with van der Waals surface area (Å²) >= 11 is 0. The molecule has 0 amide bonds. The highest BCUT2D eigenvalue weighted by atomic mass is 15.2. The van der Waals surface area contributed by atoms with Gasteiger partial charge in [0.2, 0.25) is 0 Å². The first kappa shape index (κ1) is 20.6. The lowest BCUT2D eigenvalue weighted by Gasteiger charge is -2.44. The van der Waals surface area contributed by atoms with Crippen LogP contribution in [0.2, 0.25) is 0 Å². The Bertz CT molecular complexity index is 701. The molecule has 2 aliphatic carbocycles. The van der Waals surface area contributed by atoms with Crippen molar-refractivity contribution in [2.24, 2.45) is 5.73 Å². The molecule has 2 saturated carbocycles. The summed E-state index contributed by atoms with van der Waals surface area (Å²) in [6.07, 6.45) is 10.1. The molecule has 2 aromatic rings. The molecule has 2 aliphatic rings. The van der Waals surface area contributed by atoms with Crippen molar-refractivity contribution < 1.29 is 0 Å². The molecule has 29 heavy (non-hydrogen) atoms. The number of nitrogens with two attached hydrogens (primary N) is 1. The number of nitrogens with zero attached hydrogens (tertiary/aromatic N) is 1. The van der Waals surface area contributed by atoms with Crippen molar-refractivity contribution in [3.05, 3.63) is 71.8 Å². The van der Waals surface area contributed by atoms with Gasteiger partial charge in [-0.05, 0) is 62.5 Å². The van der Waals surface area contributed by atoms with Crippen LogP contribution in [0.3, 0.4) is 0 Å². The van der Waals surface area contributed by atoms with Crippen LogP contribution in [0.1, 0.15) is 62.5 Å². The fourth-order valence-corrected chi connectivity index (χ4v) is 5.25. The lowest BCUT2D eigenvalue weighted by atomic mass is 9.85. The molecule has 0 aromatic heterocycles. The van der Waals surface area contributed by atoms with Gasteiger partial charge >= 0.3 is 0 Å². The molecule has 0 heterocycles. The summed E-state index contributed by atoms with van der Waals surface area (Å²) in [6, 6.07) is 24.3. The molecule has 0 bridgehead atoms. The monoisotopic (exact) mass is 391 g/mol. The molecule has 3 heteroatoms. The fourth-order valence-electron chi connectivity index (χ4n) is 5.25. The average molecular weight is 392 g/mol. The van der Waals surface area contributed by atoms with Gasteiger partial charge in [-0.2, -0.15) is 0 Å². The number of hydrogen-bond donors (Lipinski definition) is 2. The van der Waals surface area contributed by atoms with Crippen molar-refractivity contribution >= 4 is 0 Å². The first-order valence-electron chi connectivity index (χ1n) is 11.6. The molecule has 3 N–H and O–H groups in total. The third-order valence-corrected chi connectivity index (χ3v) is 7.02. The SMILES string of the molecule is NC1CCC(N(Cc2ccccc2)C2CCC(NCc3ccccc3)CC2)CC1. The molecule has 0 unspecified atom stereocenters. The molecule has 2 aromatic carbocycles. The molecule has 0 saturated heterocycles. The third-order valence-electron chi connectivity index (χ3n) is 7.02. The van der Waals surface area contributed by atoms with Crippen molar-refractivity contribution in [1.82, 2.24) is 10.2 Å². The molecule has 0 radical (unpaired) electrons. The second-order valence-corrected chi connectivity index (χ2v) is 9.10. The molecule has 4 rings (SSSR count). The Labute approximate surface area is 176 Å². The van der Waals surface area contributed by atoms with Crippen LogP contribution in [0.25, 0.3) is 0 Å². The Balaban J connectivity index is 1.34. The van der Waals surface area contributed by atoms with E-state index in [1.165, 1.54) is 62.5 Å². The van der Waals surface area contributed by atoms with Crippen LogP contribution >= 0.6 is 0 Å². The van der Waals surface area contributed by atoms with Crippen LogP contribution in [0.4, 0.5) is 0 Å². The molecule has 3 nitrogen and oxygen atoms in total. The molecule has 2 fully saturated rings. The van der Waals surface area contributed by atoms with Crippen molar-refractivity contribution in [2.45, 2.75) is 88.6 Å². The Kier molecular flexibility index (Phi) is 7.37. The largest absolute Gasteiger partial charge is 0.328 e. The molecule has 0 atom stereocenters. The standard InChI is InChI=1S/C26H37N3/c27-23-11-15-25(16-12-23)29(20-22-9-5-2-6-10-22)26-17-13-24(14-18-26)28-19-21-7-3-1-4-8-21/h1-10,23-26,28H,11-20,27H2. The quantitative estimate of drug-likeness (QED) is 0.708. The second-order valence-electron chi connectivity index (χ2n) is 9.10. The minimum atomic E-state index is 0.419. The molecule has 0 spiro atoms. The summed E-state index contributed by atoms with van der Waals surface area (Å²) in [6.45, 7) is 2.08. The van der Waals surface area contributed by atoms with E-state index in [0.29, 0.717) is 24.2 Å².